The summed E-state index contributed by atoms with van der Waals surface area (Å²) in [7, 11) is -0.334. The molecule has 0 atom stereocenters. The average molecular weight is 430 g/mol. The molecule has 1 nitrogen and oxygen atoms in total. The Morgan fingerprint density at radius 2 is 1.42 bits per heavy atom. The summed E-state index contributed by atoms with van der Waals surface area (Å²) in [6.07, 6.45) is 6.28. The van der Waals surface area contributed by atoms with Crippen LogP contribution in [-0.4, -0.2) is 5.60 Å². The molecule has 3 aromatic rings. The van der Waals surface area contributed by atoms with Crippen molar-refractivity contribution >= 4 is 10.9 Å². The predicted molar refractivity (Wildman–Crippen MR) is 124 cm³/mol. The molecule has 0 aliphatic heterocycles. The van der Waals surface area contributed by atoms with Crippen molar-refractivity contribution in [2.45, 2.75) is 58.8 Å². The highest BCUT2D eigenvalue weighted by molar-refractivity contribution is 7.97. The van der Waals surface area contributed by atoms with Crippen molar-refractivity contribution in [3.05, 3.63) is 84.7 Å². The molecule has 0 N–H and O–H groups in total. The lowest BCUT2D eigenvalue weighted by Crippen LogP contribution is -2.31. The summed E-state index contributed by atoms with van der Waals surface area (Å²) in [5.41, 5.74) is -0.542. The van der Waals surface area contributed by atoms with Crippen molar-refractivity contribution in [2.24, 2.45) is 5.92 Å². The van der Waals surface area contributed by atoms with Gasteiger partial charge in [-0.05, 0) is 74.9 Å². The number of ether oxygens (including phenoxy) is 1. The molecular weight excluding hydrogens is 403 g/mol. The molecule has 156 valence electrons. The first-order chi connectivity index (χ1) is 15.2. The molecule has 0 aromatic heterocycles. The first-order valence-electron chi connectivity index (χ1n) is 11.1. The minimum atomic E-state index is -0.542. The van der Waals surface area contributed by atoms with E-state index in [-0.39, 0.29) is 16.7 Å². The Kier molecular flexibility index (Phi) is 5.74. The van der Waals surface area contributed by atoms with Crippen molar-refractivity contribution in [3.8, 4) is 17.6 Å². The van der Waals surface area contributed by atoms with Crippen LogP contribution in [0.2, 0.25) is 0 Å². The van der Waals surface area contributed by atoms with Gasteiger partial charge in [0.05, 0.1) is 10.9 Å². The van der Waals surface area contributed by atoms with Crippen LogP contribution in [0.5, 0.6) is 5.75 Å². The summed E-state index contributed by atoms with van der Waals surface area (Å²) >= 11 is 0. The second-order valence-electron chi connectivity index (χ2n) is 8.37. The Labute approximate surface area is 187 Å². The smallest absolute Gasteiger partial charge is 0.170 e. The summed E-state index contributed by atoms with van der Waals surface area (Å²) in [5.74, 6) is 7.31. The molecule has 3 heteroatoms. The Balaban J connectivity index is 1.53. The topological polar surface area (TPSA) is 9.23 Å². The minimum Gasteiger partial charge on any atom is -0.471 e. The fraction of sp³-hybridized carbons (Fsp3) is 0.286. The van der Waals surface area contributed by atoms with E-state index in [0.717, 1.165) is 30.6 Å². The molecule has 2 aliphatic carbocycles. The van der Waals surface area contributed by atoms with Gasteiger partial charge in [0.1, 0.15) is 0 Å². The van der Waals surface area contributed by atoms with Crippen molar-refractivity contribution in [1.29, 1.82) is 0 Å². The molecule has 2 fully saturated rings. The van der Waals surface area contributed by atoms with Crippen LogP contribution in [0.3, 0.4) is 0 Å². The van der Waals surface area contributed by atoms with Crippen molar-refractivity contribution in [2.75, 3.05) is 0 Å². The van der Waals surface area contributed by atoms with Crippen LogP contribution in [0.4, 0.5) is 4.39 Å². The molecule has 0 saturated heterocycles. The maximum atomic E-state index is 14.9. The lowest BCUT2D eigenvalue weighted by molar-refractivity contribution is 0.131. The van der Waals surface area contributed by atoms with Crippen LogP contribution in [0.25, 0.3) is 0 Å². The van der Waals surface area contributed by atoms with E-state index in [1.54, 1.807) is 6.07 Å². The quantitative estimate of drug-likeness (QED) is 0.313. The van der Waals surface area contributed by atoms with E-state index < -0.39 is 5.60 Å². The molecule has 0 radical (unpaired) electrons. The van der Waals surface area contributed by atoms with E-state index in [1.807, 2.05) is 24.3 Å². The maximum absolute atomic E-state index is 14.9. The van der Waals surface area contributed by atoms with E-state index >= 15 is 0 Å². The van der Waals surface area contributed by atoms with Crippen molar-refractivity contribution in [1.82, 2.24) is 0 Å². The fourth-order valence-corrected chi connectivity index (χ4v) is 6.18. The van der Waals surface area contributed by atoms with Gasteiger partial charge >= 0.3 is 0 Å². The number of hydrogen-bond acceptors (Lipinski definition) is 1. The summed E-state index contributed by atoms with van der Waals surface area (Å²) in [5, 5.41) is 0. The normalized spacial score (nSPS) is 17.2. The zero-order valence-electron chi connectivity index (χ0n) is 17.5. The zero-order chi connectivity index (χ0) is 21.1. The average Bonchev–Trinajstić information content (AvgIpc) is 3.54. The van der Waals surface area contributed by atoms with Crippen molar-refractivity contribution in [3.63, 3.8) is 0 Å². The van der Waals surface area contributed by atoms with E-state index in [2.05, 4.69) is 60.4 Å². The third-order valence-electron chi connectivity index (χ3n) is 5.89. The Morgan fingerprint density at radius 1 is 0.806 bits per heavy atom. The SMILES string of the molecule is Fc1ccc([S+](c2ccccc2)c2ccccc2)cc1OC1(C#CC2CC2)CCCC1. The molecule has 2 saturated carbocycles. The maximum Gasteiger partial charge on any atom is 0.170 e. The van der Waals surface area contributed by atoms with Gasteiger partial charge in [-0.1, -0.05) is 48.2 Å². The summed E-state index contributed by atoms with van der Waals surface area (Å²) in [6, 6.07) is 26.2. The highest BCUT2D eigenvalue weighted by atomic mass is 32.2. The number of benzene rings is 3. The molecule has 0 spiro atoms. The lowest BCUT2D eigenvalue weighted by Gasteiger charge is -2.25. The van der Waals surface area contributed by atoms with Gasteiger partial charge in [-0.2, -0.15) is 0 Å². The van der Waals surface area contributed by atoms with Crippen LogP contribution in [0.1, 0.15) is 38.5 Å². The van der Waals surface area contributed by atoms with Crippen molar-refractivity contribution < 1.29 is 9.13 Å². The van der Waals surface area contributed by atoms with Gasteiger partial charge in [0.25, 0.3) is 0 Å². The first-order valence-corrected chi connectivity index (χ1v) is 12.3. The van der Waals surface area contributed by atoms with E-state index in [4.69, 9.17) is 4.74 Å². The lowest BCUT2D eigenvalue weighted by atomic mass is 10.0. The van der Waals surface area contributed by atoms with Crippen LogP contribution in [0.15, 0.2) is 93.5 Å². The van der Waals surface area contributed by atoms with Gasteiger partial charge in [0, 0.05) is 12.0 Å². The van der Waals surface area contributed by atoms with E-state index in [1.165, 1.54) is 22.6 Å². The second kappa shape index (κ2) is 8.81. The van der Waals surface area contributed by atoms with Gasteiger partial charge in [-0.3, -0.25) is 0 Å². The monoisotopic (exact) mass is 429 g/mol. The molecule has 31 heavy (non-hydrogen) atoms. The highest BCUT2D eigenvalue weighted by Crippen LogP contribution is 2.39. The summed E-state index contributed by atoms with van der Waals surface area (Å²) in [6.45, 7) is 0. The van der Waals surface area contributed by atoms with E-state index in [9.17, 15) is 4.39 Å². The predicted octanol–water partition coefficient (Wildman–Crippen LogP) is 7.03. The van der Waals surface area contributed by atoms with Gasteiger partial charge in [0.15, 0.2) is 31.9 Å². The Morgan fingerprint density at radius 3 is 2.00 bits per heavy atom. The number of rotatable bonds is 5. The minimum absolute atomic E-state index is 0.312. The third kappa shape index (κ3) is 4.65. The molecular formula is C28H26FOS+. The molecule has 3 aromatic carbocycles. The van der Waals surface area contributed by atoms with Gasteiger partial charge in [-0.25, -0.2) is 4.39 Å². The molecule has 5 rings (SSSR count). The fourth-order valence-electron chi connectivity index (χ4n) is 4.08. The van der Waals surface area contributed by atoms with Gasteiger partial charge in [-0.15, -0.1) is 0 Å². The van der Waals surface area contributed by atoms with Gasteiger partial charge in [0.2, 0.25) is 0 Å². The molecule has 0 bridgehead atoms. The van der Waals surface area contributed by atoms with Crippen LogP contribution in [0, 0.1) is 23.6 Å². The van der Waals surface area contributed by atoms with Crippen LogP contribution < -0.4 is 4.74 Å². The standard InChI is InChI=1S/C28H26FOS/c29-26-16-15-25(31(23-9-3-1-4-10-23)24-11-5-2-6-12-24)21-27(26)30-28(18-7-8-19-28)20-17-22-13-14-22/h1-6,9-12,15-16,21-22H,7-8,13-14,18-19H2/q+1. The number of hydrogen-bond donors (Lipinski definition) is 0. The Bertz CT molecular complexity index is 1050. The summed E-state index contributed by atoms with van der Waals surface area (Å²) in [4.78, 5) is 3.46. The number of halogens is 1. The molecule has 0 unspecified atom stereocenters. The Hall–Kier alpha value is -2.70. The molecule has 0 amide bonds. The van der Waals surface area contributed by atoms with E-state index in [0.29, 0.717) is 11.7 Å². The van der Waals surface area contributed by atoms with Gasteiger partial charge < -0.3 is 4.74 Å². The second-order valence-corrected chi connectivity index (χ2v) is 10.4. The van der Waals surface area contributed by atoms with Crippen LogP contribution >= 0.6 is 0 Å². The third-order valence-corrected chi connectivity index (χ3v) is 8.11. The van der Waals surface area contributed by atoms with Crippen LogP contribution in [-0.2, 0) is 10.9 Å². The highest BCUT2D eigenvalue weighted by Gasteiger charge is 2.37. The first kappa shape index (κ1) is 20.2. The largest absolute Gasteiger partial charge is 0.471 e. The zero-order valence-corrected chi connectivity index (χ0v) is 18.3. The summed E-state index contributed by atoms with van der Waals surface area (Å²) < 4.78 is 21.3. The molecule has 0 heterocycles. The molecule has 2 aliphatic rings.